The van der Waals surface area contributed by atoms with Crippen LogP contribution < -0.4 is 4.72 Å². The van der Waals surface area contributed by atoms with E-state index in [1.807, 2.05) is 0 Å². The molecule has 0 saturated carbocycles. The summed E-state index contributed by atoms with van der Waals surface area (Å²) >= 11 is 0. The average Bonchev–Trinajstić information content (AvgIpc) is 1.98. The first-order valence-corrected chi connectivity index (χ1v) is 6.20. The first-order valence-electron chi connectivity index (χ1n) is 4.31. The Kier molecular flexibility index (Phi) is 5.93. The lowest BCUT2D eigenvalue weighted by Gasteiger charge is -2.17. The van der Waals surface area contributed by atoms with Gasteiger partial charge in [-0.1, -0.05) is 0 Å². The number of nitrogens with one attached hydrogen (secondary N) is 1. The van der Waals surface area contributed by atoms with Crippen LogP contribution in [0.15, 0.2) is 0 Å². The molecule has 0 amide bonds. The van der Waals surface area contributed by atoms with E-state index < -0.39 is 35.1 Å². The second-order valence-corrected chi connectivity index (χ2v) is 5.00. The molecule has 0 aromatic heterocycles. The lowest BCUT2D eigenvalue weighted by molar-refractivity contribution is -0.141. The van der Waals surface area contributed by atoms with Crippen LogP contribution in [-0.2, 0) is 19.6 Å². The van der Waals surface area contributed by atoms with Crippen molar-refractivity contribution in [3.8, 4) is 0 Å². The largest absolute Gasteiger partial charge is 0.480 e. The van der Waals surface area contributed by atoms with Crippen LogP contribution >= 0.6 is 0 Å². The van der Waals surface area contributed by atoms with E-state index in [2.05, 4.69) is 4.72 Å². The fourth-order valence-electron chi connectivity index (χ4n) is 0.986. The number of carbonyl (C=O) groups is 2. The zero-order valence-electron chi connectivity index (χ0n) is 8.71. The summed E-state index contributed by atoms with van der Waals surface area (Å²) in [5.74, 6) is -2.33. The number of carboxylic acids is 2. The number of hydrogen-bond acceptors (Lipinski definition) is 5. The maximum atomic E-state index is 10.7. The van der Waals surface area contributed by atoms with Gasteiger partial charge in [0.15, 0.2) is 0 Å². The van der Waals surface area contributed by atoms with Gasteiger partial charge in [0.05, 0.1) is 19.3 Å². The minimum absolute atomic E-state index is 0.0195. The van der Waals surface area contributed by atoms with Gasteiger partial charge in [0.25, 0.3) is 0 Å². The quantitative estimate of drug-likeness (QED) is 0.458. The molecule has 94 valence electrons. The van der Waals surface area contributed by atoms with Gasteiger partial charge in [0.1, 0.15) is 0 Å². The summed E-state index contributed by atoms with van der Waals surface area (Å²) in [5, 5.41) is 17.0. The van der Waals surface area contributed by atoms with Crippen LogP contribution in [0.2, 0.25) is 0 Å². The fourth-order valence-corrected chi connectivity index (χ4v) is 1.45. The monoisotopic (exact) mass is 254 g/mol. The number of hydrogen-bond donors (Lipinski definition) is 3. The molecule has 0 aliphatic carbocycles. The minimum Gasteiger partial charge on any atom is -0.480 e. The van der Waals surface area contributed by atoms with Gasteiger partial charge in [-0.15, -0.1) is 0 Å². The van der Waals surface area contributed by atoms with Crippen molar-refractivity contribution < 1.29 is 28.2 Å². The second kappa shape index (κ2) is 6.40. The maximum Gasteiger partial charge on any atom is 0.317 e. The molecule has 8 nitrogen and oxygen atoms in total. The van der Waals surface area contributed by atoms with E-state index in [-0.39, 0.29) is 13.1 Å². The zero-order chi connectivity index (χ0) is 12.8. The van der Waals surface area contributed by atoms with Gasteiger partial charge in [0, 0.05) is 13.1 Å². The van der Waals surface area contributed by atoms with Crippen molar-refractivity contribution in [1.82, 2.24) is 9.62 Å². The maximum absolute atomic E-state index is 10.7. The SMILES string of the molecule is CS(=O)(=O)NCCN(CC(=O)O)CC(=O)O. The zero-order valence-corrected chi connectivity index (χ0v) is 9.53. The Bertz CT molecular complexity index is 336. The minimum atomic E-state index is -3.35. The van der Waals surface area contributed by atoms with E-state index in [0.717, 1.165) is 11.2 Å². The van der Waals surface area contributed by atoms with Gasteiger partial charge in [-0.3, -0.25) is 14.5 Å². The molecular formula is C7H14N2O6S. The third kappa shape index (κ3) is 9.37. The summed E-state index contributed by atoms with van der Waals surface area (Å²) in [6, 6.07) is 0. The van der Waals surface area contributed by atoms with Crippen molar-refractivity contribution in [2.24, 2.45) is 0 Å². The molecule has 16 heavy (non-hydrogen) atoms. The molecule has 3 N–H and O–H groups in total. The molecule has 0 bridgehead atoms. The van der Waals surface area contributed by atoms with Crippen LogP contribution in [0.25, 0.3) is 0 Å². The number of rotatable bonds is 8. The normalized spacial score (nSPS) is 11.6. The number of aliphatic carboxylic acids is 2. The molecular weight excluding hydrogens is 240 g/mol. The van der Waals surface area contributed by atoms with Crippen LogP contribution in [0.3, 0.4) is 0 Å². The predicted molar refractivity (Wildman–Crippen MR) is 54.6 cm³/mol. The molecule has 0 aliphatic heterocycles. The Balaban J connectivity index is 4.11. The Morgan fingerprint density at radius 2 is 1.62 bits per heavy atom. The molecule has 0 radical (unpaired) electrons. The van der Waals surface area contributed by atoms with Gasteiger partial charge < -0.3 is 10.2 Å². The molecule has 0 aromatic carbocycles. The van der Waals surface area contributed by atoms with Crippen molar-refractivity contribution in [3.05, 3.63) is 0 Å². The lowest BCUT2D eigenvalue weighted by atomic mass is 10.4. The van der Waals surface area contributed by atoms with Crippen molar-refractivity contribution >= 4 is 22.0 Å². The van der Waals surface area contributed by atoms with E-state index in [1.165, 1.54) is 0 Å². The van der Waals surface area contributed by atoms with Crippen molar-refractivity contribution in [2.75, 3.05) is 32.4 Å². The average molecular weight is 254 g/mol. The van der Waals surface area contributed by atoms with Crippen LogP contribution in [0.5, 0.6) is 0 Å². The Morgan fingerprint density at radius 1 is 1.19 bits per heavy atom. The number of sulfonamides is 1. The predicted octanol–water partition coefficient (Wildman–Crippen LogP) is -1.99. The second-order valence-electron chi connectivity index (χ2n) is 3.16. The summed E-state index contributed by atoms with van der Waals surface area (Å²) in [6.45, 7) is -0.902. The van der Waals surface area contributed by atoms with E-state index in [9.17, 15) is 18.0 Å². The summed E-state index contributed by atoms with van der Waals surface area (Å²) in [7, 11) is -3.35. The summed E-state index contributed by atoms with van der Waals surface area (Å²) in [6.07, 6.45) is 0.964. The molecule has 0 saturated heterocycles. The van der Waals surface area contributed by atoms with Gasteiger partial charge in [0.2, 0.25) is 10.0 Å². The molecule has 0 aromatic rings. The molecule has 0 unspecified atom stereocenters. The topological polar surface area (TPSA) is 124 Å². The molecule has 0 spiro atoms. The molecule has 0 heterocycles. The molecule has 0 rings (SSSR count). The highest BCUT2D eigenvalue weighted by Gasteiger charge is 2.13. The van der Waals surface area contributed by atoms with E-state index in [4.69, 9.17) is 10.2 Å². The lowest BCUT2D eigenvalue weighted by Crippen LogP contribution is -2.40. The van der Waals surface area contributed by atoms with Gasteiger partial charge >= 0.3 is 11.9 Å². The standard InChI is InChI=1S/C7H14N2O6S/c1-16(14,15)8-2-3-9(4-6(10)11)5-7(12)13/h8H,2-5H2,1H3,(H,10,11)(H,12,13). The van der Waals surface area contributed by atoms with Crippen molar-refractivity contribution in [1.29, 1.82) is 0 Å². The number of carboxylic acid groups (broad SMARTS) is 2. The van der Waals surface area contributed by atoms with E-state index in [1.54, 1.807) is 0 Å². The van der Waals surface area contributed by atoms with Crippen molar-refractivity contribution in [2.45, 2.75) is 0 Å². The highest BCUT2D eigenvalue weighted by Crippen LogP contribution is 1.88. The highest BCUT2D eigenvalue weighted by molar-refractivity contribution is 7.88. The van der Waals surface area contributed by atoms with Gasteiger partial charge in [-0.2, -0.15) is 0 Å². The summed E-state index contributed by atoms with van der Waals surface area (Å²) < 4.78 is 23.5. The first kappa shape index (κ1) is 14.8. The van der Waals surface area contributed by atoms with Gasteiger partial charge in [-0.25, -0.2) is 13.1 Å². The van der Waals surface area contributed by atoms with Gasteiger partial charge in [-0.05, 0) is 0 Å². The van der Waals surface area contributed by atoms with Crippen LogP contribution in [0.4, 0.5) is 0 Å². The first-order chi connectivity index (χ1) is 7.20. The molecule has 9 heteroatoms. The van der Waals surface area contributed by atoms with Crippen LogP contribution in [0, 0.1) is 0 Å². The molecule has 0 fully saturated rings. The third-order valence-electron chi connectivity index (χ3n) is 1.51. The Morgan fingerprint density at radius 3 is 1.94 bits per heavy atom. The summed E-state index contributed by atoms with van der Waals surface area (Å²) in [5.41, 5.74) is 0. The van der Waals surface area contributed by atoms with Crippen LogP contribution in [-0.4, -0.2) is 67.9 Å². The van der Waals surface area contributed by atoms with Crippen LogP contribution in [0.1, 0.15) is 0 Å². The molecule has 0 aliphatic rings. The number of nitrogens with zero attached hydrogens (tertiary/aromatic N) is 1. The Hall–Kier alpha value is -1.19. The summed E-state index contributed by atoms with van der Waals surface area (Å²) in [4.78, 5) is 21.9. The Labute approximate surface area is 92.9 Å². The van der Waals surface area contributed by atoms with Crippen molar-refractivity contribution in [3.63, 3.8) is 0 Å². The van der Waals surface area contributed by atoms with E-state index in [0.29, 0.717) is 0 Å². The highest BCUT2D eigenvalue weighted by atomic mass is 32.2. The molecule has 0 atom stereocenters. The fraction of sp³-hybridized carbons (Fsp3) is 0.714. The smallest absolute Gasteiger partial charge is 0.317 e. The van der Waals surface area contributed by atoms with E-state index >= 15 is 0 Å². The third-order valence-corrected chi connectivity index (χ3v) is 2.24.